The van der Waals surface area contributed by atoms with Gasteiger partial charge in [-0.15, -0.1) is 0 Å². The molecular formula is C13H24BrN3. The van der Waals surface area contributed by atoms with Crippen LogP contribution in [0, 0.1) is 12.8 Å². The first-order valence-electron chi connectivity index (χ1n) is 6.52. The largest absolute Gasteiger partial charge is 0.316 e. The maximum atomic E-state index is 4.53. The van der Waals surface area contributed by atoms with Crippen molar-refractivity contribution in [2.45, 2.75) is 47.1 Å². The first-order valence-corrected chi connectivity index (χ1v) is 7.31. The van der Waals surface area contributed by atoms with Gasteiger partial charge in [0.2, 0.25) is 0 Å². The van der Waals surface area contributed by atoms with Crippen LogP contribution >= 0.6 is 15.9 Å². The van der Waals surface area contributed by atoms with Crippen molar-refractivity contribution in [3.8, 4) is 0 Å². The molecule has 1 aromatic rings. The Hall–Kier alpha value is -0.350. The molecule has 0 aliphatic carbocycles. The highest BCUT2D eigenvalue weighted by molar-refractivity contribution is 9.10. The van der Waals surface area contributed by atoms with E-state index in [9.17, 15) is 0 Å². The van der Waals surface area contributed by atoms with E-state index in [1.807, 2.05) is 0 Å². The highest BCUT2D eigenvalue weighted by Crippen LogP contribution is 2.23. The highest BCUT2D eigenvalue weighted by Gasteiger charge is 2.14. The summed E-state index contributed by atoms with van der Waals surface area (Å²) >= 11 is 3.65. The van der Waals surface area contributed by atoms with Crippen molar-refractivity contribution >= 4 is 15.9 Å². The second-order valence-electron chi connectivity index (χ2n) is 4.68. The second kappa shape index (κ2) is 7.17. The SMILES string of the molecule is CCCNCC(C)Cc1c(Br)c(C)nn1CC. The van der Waals surface area contributed by atoms with Gasteiger partial charge in [-0.05, 0) is 61.6 Å². The third-order valence-electron chi connectivity index (χ3n) is 2.91. The summed E-state index contributed by atoms with van der Waals surface area (Å²) in [5.74, 6) is 0.638. The maximum Gasteiger partial charge on any atom is 0.0738 e. The van der Waals surface area contributed by atoms with Crippen LogP contribution < -0.4 is 5.32 Å². The van der Waals surface area contributed by atoms with E-state index in [1.165, 1.54) is 16.6 Å². The summed E-state index contributed by atoms with van der Waals surface area (Å²) in [5, 5.41) is 8.00. The Kier molecular flexibility index (Phi) is 6.20. The van der Waals surface area contributed by atoms with E-state index in [4.69, 9.17) is 0 Å². The molecule has 4 heteroatoms. The second-order valence-corrected chi connectivity index (χ2v) is 5.47. The smallest absolute Gasteiger partial charge is 0.0738 e. The number of hydrogen-bond donors (Lipinski definition) is 1. The molecule has 0 spiro atoms. The minimum atomic E-state index is 0.638. The molecular weight excluding hydrogens is 278 g/mol. The van der Waals surface area contributed by atoms with Gasteiger partial charge in [-0.1, -0.05) is 13.8 Å². The highest BCUT2D eigenvalue weighted by atomic mass is 79.9. The van der Waals surface area contributed by atoms with Crippen LogP contribution in [0.25, 0.3) is 0 Å². The average Bonchev–Trinajstić information content (AvgIpc) is 2.57. The van der Waals surface area contributed by atoms with Crippen molar-refractivity contribution in [1.29, 1.82) is 0 Å². The van der Waals surface area contributed by atoms with Crippen LogP contribution in [0.4, 0.5) is 0 Å². The van der Waals surface area contributed by atoms with Gasteiger partial charge in [0, 0.05) is 6.54 Å². The topological polar surface area (TPSA) is 29.9 Å². The molecule has 0 aliphatic rings. The Morgan fingerprint density at radius 3 is 2.71 bits per heavy atom. The van der Waals surface area contributed by atoms with Crippen molar-refractivity contribution in [3.05, 3.63) is 15.9 Å². The third kappa shape index (κ3) is 4.11. The molecule has 0 saturated heterocycles. The van der Waals surface area contributed by atoms with Crippen LogP contribution in [0.3, 0.4) is 0 Å². The van der Waals surface area contributed by atoms with Crippen molar-refractivity contribution in [2.24, 2.45) is 5.92 Å². The van der Waals surface area contributed by atoms with Gasteiger partial charge < -0.3 is 5.32 Å². The fourth-order valence-electron chi connectivity index (χ4n) is 1.99. The Balaban J connectivity index is 2.60. The van der Waals surface area contributed by atoms with Gasteiger partial charge in [0.15, 0.2) is 0 Å². The molecule has 1 aromatic heterocycles. The molecule has 3 nitrogen and oxygen atoms in total. The van der Waals surface area contributed by atoms with E-state index in [1.54, 1.807) is 0 Å². The van der Waals surface area contributed by atoms with Gasteiger partial charge in [-0.3, -0.25) is 4.68 Å². The van der Waals surface area contributed by atoms with Gasteiger partial charge in [-0.25, -0.2) is 0 Å². The van der Waals surface area contributed by atoms with Gasteiger partial charge in [0.1, 0.15) is 0 Å². The lowest BCUT2D eigenvalue weighted by molar-refractivity contribution is 0.486. The fraction of sp³-hybridized carbons (Fsp3) is 0.769. The molecule has 1 N–H and O–H groups in total. The minimum Gasteiger partial charge on any atom is -0.316 e. The standard InChI is InChI=1S/C13H24BrN3/c1-5-7-15-9-10(3)8-12-13(14)11(4)16-17(12)6-2/h10,15H,5-9H2,1-4H3. The van der Waals surface area contributed by atoms with Crippen LogP contribution in [0.1, 0.15) is 38.6 Å². The molecule has 0 fully saturated rings. The lowest BCUT2D eigenvalue weighted by Crippen LogP contribution is -2.24. The number of nitrogens with zero attached hydrogens (tertiary/aromatic N) is 2. The van der Waals surface area contributed by atoms with E-state index >= 15 is 0 Å². The molecule has 1 heterocycles. The molecule has 1 atom stereocenters. The van der Waals surface area contributed by atoms with E-state index in [0.29, 0.717) is 5.92 Å². The summed E-state index contributed by atoms with van der Waals surface area (Å²) < 4.78 is 3.29. The molecule has 1 rings (SSSR count). The maximum absolute atomic E-state index is 4.53. The molecule has 0 aliphatic heterocycles. The number of aromatic nitrogens is 2. The van der Waals surface area contributed by atoms with Gasteiger partial charge in [0.25, 0.3) is 0 Å². The first-order chi connectivity index (χ1) is 8.10. The van der Waals surface area contributed by atoms with Crippen molar-refractivity contribution in [2.75, 3.05) is 13.1 Å². The van der Waals surface area contributed by atoms with Crippen molar-refractivity contribution in [3.63, 3.8) is 0 Å². The monoisotopic (exact) mass is 301 g/mol. The quantitative estimate of drug-likeness (QED) is 0.784. The van der Waals surface area contributed by atoms with Crippen molar-refractivity contribution in [1.82, 2.24) is 15.1 Å². The minimum absolute atomic E-state index is 0.638. The number of hydrogen-bond acceptors (Lipinski definition) is 2. The summed E-state index contributed by atoms with van der Waals surface area (Å²) in [6.45, 7) is 11.8. The number of aryl methyl sites for hydroxylation is 2. The zero-order valence-electron chi connectivity index (χ0n) is 11.4. The lowest BCUT2D eigenvalue weighted by Gasteiger charge is -2.13. The molecule has 0 aromatic carbocycles. The predicted octanol–water partition coefficient (Wildman–Crippen LogP) is 3.15. The van der Waals surface area contributed by atoms with Crippen LogP contribution in [0.15, 0.2) is 4.47 Å². The van der Waals surface area contributed by atoms with Crippen LogP contribution in [-0.2, 0) is 13.0 Å². The van der Waals surface area contributed by atoms with Crippen LogP contribution in [0.2, 0.25) is 0 Å². The number of rotatable bonds is 7. The number of halogens is 1. The van der Waals surface area contributed by atoms with E-state index in [2.05, 4.69) is 58.7 Å². The van der Waals surface area contributed by atoms with Gasteiger partial charge in [0.05, 0.1) is 15.9 Å². The Bertz CT molecular complexity index is 347. The van der Waals surface area contributed by atoms with E-state index in [-0.39, 0.29) is 0 Å². The Morgan fingerprint density at radius 1 is 1.41 bits per heavy atom. The summed E-state index contributed by atoms with van der Waals surface area (Å²) in [6, 6.07) is 0. The summed E-state index contributed by atoms with van der Waals surface area (Å²) in [7, 11) is 0. The average molecular weight is 302 g/mol. The van der Waals surface area contributed by atoms with Gasteiger partial charge >= 0.3 is 0 Å². The fourth-order valence-corrected chi connectivity index (χ4v) is 2.44. The lowest BCUT2D eigenvalue weighted by atomic mass is 10.1. The van der Waals surface area contributed by atoms with Crippen LogP contribution in [-0.4, -0.2) is 22.9 Å². The normalized spacial score (nSPS) is 13.0. The zero-order valence-corrected chi connectivity index (χ0v) is 13.0. The number of nitrogens with one attached hydrogen (secondary N) is 1. The molecule has 0 amide bonds. The summed E-state index contributed by atoms with van der Waals surface area (Å²) in [6.07, 6.45) is 2.27. The predicted molar refractivity (Wildman–Crippen MR) is 76.4 cm³/mol. The van der Waals surface area contributed by atoms with Crippen molar-refractivity contribution < 1.29 is 0 Å². The zero-order chi connectivity index (χ0) is 12.8. The summed E-state index contributed by atoms with van der Waals surface area (Å²) in [5.41, 5.74) is 2.42. The Morgan fingerprint density at radius 2 is 2.12 bits per heavy atom. The van der Waals surface area contributed by atoms with Crippen LogP contribution in [0.5, 0.6) is 0 Å². The molecule has 0 bridgehead atoms. The molecule has 0 radical (unpaired) electrons. The first kappa shape index (κ1) is 14.7. The molecule has 98 valence electrons. The third-order valence-corrected chi connectivity index (χ3v) is 3.95. The molecule has 1 unspecified atom stereocenters. The Labute approximate surface area is 113 Å². The van der Waals surface area contributed by atoms with E-state index in [0.717, 1.165) is 31.7 Å². The molecule has 0 saturated carbocycles. The summed E-state index contributed by atoms with van der Waals surface area (Å²) in [4.78, 5) is 0. The molecule has 17 heavy (non-hydrogen) atoms. The van der Waals surface area contributed by atoms with Gasteiger partial charge in [-0.2, -0.15) is 5.10 Å². The van der Waals surface area contributed by atoms with E-state index < -0.39 is 0 Å².